The summed E-state index contributed by atoms with van der Waals surface area (Å²) < 4.78 is 16.3. The number of oxazole rings is 1. The van der Waals surface area contributed by atoms with Gasteiger partial charge in [0.25, 0.3) is 0 Å². The smallest absolute Gasteiger partial charge is 0.321 e. The number of aromatic nitrogens is 1. The van der Waals surface area contributed by atoms with E-state index in [0.717, 1.165) is 24.2 Å². The van der Waals surface area contributed by atoms with Gasteiger partial charge in [-0.05, 0) is 24.3 Å². The molecule has 2 aromatic carbocycles. The van der Waals surface area contributed by atoms with Crippen LogP contribution in [0.2, 0.25) is 0 Å². The van der Waals surface area contributed by atoms with Crippen LogP contribution in [0, 0.1) is 0 Å². The minimum absolute atomic E-state index is 0.126. The molecule has 0 aliphatic carbocycles. The summed E-state index contributed by atoms with van der Waals surface area (Å²) >= 11 is 0. The van der Waals surface area contributed by atoms with Gasteiger partial charge in [-0.15, -0.1) is 0 Å². The zero-order valence-corrected chi connectivity index (χ0v) is 16.6. The Morgan fingerprint density at radius 1 is 1.07 bits per heavy atom. The average Bonchev–Trinajstić information content (AvgIpc) is 3.16. The van der Waals surface area contributed by atoms with E-state index in [1.807, 2.05) is 24.3 Å². The van der Waals surface area contributed by atoms with E-state index in [0.29, 0.717) is 42.7 Å². The van der Waals surface area contributed by atoms with Crippen LogP contribution in [-0.2, 0) is 6.54 Å². The summed E-state index contributed by atoms with van der Waals surface area (Å²) in [7, 11) is 3.15. The maximum absolute atomic E-state index is 12.6. The topological polar surface area (TPSA) is 80.1 Å². The Bertz CT molecular complexity index is 962. The van der Waals surface area contributed by atoms with E-state index >= 15 is 0 Å². The van der Waals surface area contributed by atoms with Crippen molar-refractivity contribution in [2.45, 2.75) is 6.54 Å². The number of carbonyl (C=O) groups is 1. The van der Waals surface area contributed by atoms with Crippen LogP contribution in [0.4, 0.5) is 10.5 Å². The quantitative estimate of drug-likeness (QED) is 0.713. The molecule has 0 atom stereocenters. The van der Waals surface area contributed by atoms with Gasteiger partial charge in [0.05, 0.1) is 20.8 Å². The van der Waals surface area contributed by atoms with Gasteiger partial charge in [-0.1, -0.05) is 12.1 Å². The number of methoxy groups -OCH3 is 2. The van der Waals surface area contributed by atoms with Crippen LogP contribution in [0.25, 0.3) is 11.1 Å². The number of piperazine rings is 1. The standard InChI is InChI=1S/C21H24N4O4/c1-27-18-8-7-15(13-19(18)28-2)22-21(26)25-11-9-24(10-12-25)14-20-23-16-5-3-4-6-17(16)29-20/h3-8,13H,9-12,14H2,1-2H3,(H,22,26). The lowest BCUT2D eigenvalue weighted by Gasteiger charge is -2.34. The minimum atomic E-state index is -0.126. The summed E-state index contributed by atoms with van der Waals surface area (Å²) in [6.07, 6.45) is 0. The van der Waals surface area contributed by atoms with Crippen LogP contribution < -0.4 is 14.8 Å². The summed E-state index contributed by atoms with van der Waals surface area (Å²) in [6.45, 7) is 3.44. The predicted octanol–water partition coefficient (Wildman–Crippen LogP) is 3.19. The van der Waals surface area contributed by atoms with Crippen molar-refractivity contribution in [3.63, 3.8) is 0 Å². The maximum atomic E-state index is 12.6. The van der Waals surface area contributed by atoms with E-state index in [4.69, 9.17) is 13.9 Å². The third-order valence-corrected chi connectivity index (χ3v) is 4.99. The number of nitrogens with one attached hydrogen (secondary N) is 1. The first-order valence-corrected chi connectivity index (χ1v) is 9.51. The Kier molecular flexibility index (Phi) is 5.53. The number of amides is 2. The Balaban J connectivity index is 1.31. The number of carbonyl (C=O) groups excluding carboxylic acids is 1. The molecular formula is C21H24N4O4. The minimum Gasteiger partial charge on any atom is -0.493 e. The van der Waals surface area contributed by atoms with E-state index in [2.05, 4.69) is 15.2 Å². The normalized spacial score (nSPS) is 14.8. The highest BCUT2D eigenvalue weighted by molar-refractivity contribution is 5.89. The molecule has 0 bridgehead atoms. The Labute approximate surface area is 169 Å². The van der Waals surface area contributed by atoms with Crippen molar-refractivity contribution in [3.05, 3.63) is 48.4 Å². The Morgan fingerprint density at radius 2 is 1.83 bits per heavy atom. The highest BCUT2D eigenvalue weighted by Crippen LogP contribution is 2.29. The van der Waals surface area contributed by atoms with Crippen LogP contribution >= 0.6 is 0 Å². The molecule has 0 saturated carbocycles. The molecule has 8 nitrogen and oxygen atoms in total. The SMILES string of the molecule is COc1ccc(NC(=O)N2CCN(Cc3nc4ccccc4o3)CC2)cc1OC. The van der Waals surface area contributed by atoms with Gasteiger partial charge in [0.1, 0.15) is 5.52 Å². The zero-order valence-electron chi connectivity index (χ0n) is 16.6. The van der Waals surface area contributed by atoms with Crippen molar-refractivity contribution in [2.24, 2.45) is 0 Å². The van der Waals surface area contributed by atoms with Crippen molar-refractivity contribution in [1.82, 2.24) is 14.8 Å². The zero-order chi connectivity index (χ0) is 20.2. The molecule has 4 rings (SSSR count). The number of nitrogens with zero attached hydrogens (tertiary/aromatic N) is 3. The molecule has 2 amide bonds. The molecule has 2 heterocycles. The first kappa shape index (κ1) is 19.1. The van der Waals surface area contributed by atoms with Crippen molar-refractivity contribution < 1.29 is 18.7 Å². The molecule has 1 aromatic heterocycles. The number of anilines is 1. The molecule has 0 unspecified atom stereocenters. The lowest BCUT2D eigenvalue weighted by molar-refractivity contribution is 0.136. The molecule has 29 heavy (non-hydrogen) atoms. The van der Waals surface area contributed by atoms with E-state index in [1.165, 1.54) is 0 Å². The fourth-order valence-corrected chi connectivity index (χ4v) is 3.40. The van der Waals surface area contributed by atoms with Crippen molar-refractivity contribution >= 4 is 22.8 Å². The number of ether oxygens (including phenoxy) is 2. The van der Waals surface area contributed by atoms with Crippen LogP contribution in [0.15, 0.2) is 46.9 Å². The van der Waals surface area contributed by atoms with Crippen molar-refractivity contribution in [1.29, 1.82) is 0 Å². The molecule has 8 heteroatoms. The largest absolute Gasteiger partial charge is 0.493 e. The fraction of sp³-hybridized carbons (Fsp3) is 0.333. The van der Waals surface area contributed by atoms with Gasteiger partial charge in [0.2, 0.25) is 5.89 Å². The lowest BCUT2D eigenvalue weighted by atomic mass is 10.2. The first-order valence-electron chi connectivity index (χ1n) is 9.51. The van der Waals surface area contributed by atoms with Gasteiger partial charge >= 0.3 is 6.03 Å². The molecule has 1 N–H and O–H groups in total. The molecule has 0 radical (unpaired) electrons. The average molecular weight is 396 g/mol. The number of fused-ring (bicyclic) bond motifs is 1. The molecular weight excluding hydrogens is 372 g/mol. The lowest BCUT2D eigenvalue weighted by Crippen LogP contribution is -2.49. The van der Waals surface area contributed by atoms with E-state index in [-0.39, 0.29) is 6.03 Å². The third-order valence-electron chi connectivity index (χ3n) is 4.99. The van der Waals surface area contributed by atoms with Crippen LogP contribution in [-0.4, -0.2) is 61.2 Å². The molecule has 1 saturated heterocycles. The van der Waals surface area contributed by atoms with Gasteiger partial charge in [-0.3, -0.25) is 4.90 Å². The Morgan fingerprint density at radius 3 is 2.55 bits per heavy atom. The molecule has 3 aromatic rings. The van der Waals surface area contributed by atoms with Gasteiger partial charge < -0.3 is 24.1 Å². The maximum Gasteiger partial charge on any atom is 0.321 e. The molecule has 1 fully saturated rings. The van der Waals surface area contributed by atoms with E-state index < -0.39 is 0 Å². The van der Waals surface area contributed by atoms with Crippen LogP contribution in [0.3, 0.4) is 0 Å². The van der Waals surface area contributed by atoms with Gasteiger partial charge in [-0.2, -0.15) is 0 Å². The second-order valence-corrected chi connectivity index (χ2v) is 6.84. The van der Waals surface area contributed by atoms with Crippen LogP contribution in [0.5, 0.6) is 11.5 Å². The third kappa shape index (κ3) is 4.27. The molecule has 1 aliphatic heterocycles. The fourth-order valence-electron chi connectivity index (χ4n) is 3.40. The Hall–Kier alpha value is -3.26. The van der Waals surface area contributed by atoms with E-state index in [9.17, 15) is 4.79 Å². The number of hydrogen-bond donors (Lipinski definition) is 1. The first-order chi connectivity index (χ1) is 14.2. The van der Waals surface area contributed by atoms with Crippen LogP contribution in [0.1, 0.15) is 5.89 Å². The number of benzene rings is 2. The van der Waals surface area contributed by atoms with Crippen molar-refractivity contribution in [3.8, 4) is 11.5 Å². The van der Waals surface area contributed by atoms with Gasteiger partial charge in [0, 0.05) is 37.9 Å². The monoisotopic (exact) mass is 396 g/mol. The summed E-state index contributed by atoms with van der Waals surface area (Å²) in [4.78, 5) is 21.2. The van der Waals surface area contributed by atoms with Gasteiger partial charge in [-0.25, -0.2) is 9.78 Å². The predicted molar refractivity (Wildman–Crippen MR) is 109 cm³/mol. The number of para-hydroxylation sites is 2. The molecule has 0 spiro atoms. The number of rotatable bonds is 5. The number of hydrogen-bond acceptors (Lipinski definition) is 6. The number of urea groups is 1. The highest BCUT2D eigenvalue weighted by atomic mass is 16.5. The summed E-state index contributed by atoms with van der Waals surface area (Å²) in [5.41, 5.74) is 2.34. The summed E-state index contributed by atoms with van der Waals surface area (Å²) in [5, 5.41) is 2.92. The molecule has 152 valence electrons. The summed E-state index contributed by atoms with van der Waals surface area (Å²) in [6, 6.07) is 12.9. The second kappa shape index (κ2) is 8.40. The molecule has 1 aliphatic rings. The van der Waals surface area contributed by atoms with E-state index in [1.54, 1.807) is 37.3 Å². The highest BCUT2D eigenvalue weighted by Gasteiger charge is 2.22. The summed E-state index contributed by atoms with van der Waals surface area (Å²) in [5.74, 6) is 1.90. The second-order valence-electron chi connectivity index (χ2n) is 6.84. The van der Waals surface area contributed by atoms with Crippen molar-refractivity contribution in [2.75, 3.05) is 45.7 Å². The van der Waals surface area contributed by atoms with Gasteiger partial charge in [0.15, 0.2) is 17.1 Å².